The number of aromatic nitrogens is 2. The van der Waals surface area contributed by atoms with Crippen LogP contribution in [0.4, 0.5) is 13.2 Å². The second kappa shape index (κ2) is 33.9. The first kappa shape index (κ1) is 73.8. The summed E-state index contributed by atoms with van der Waals surface area (Å²) < 4.78 is 58.9. The molecule has 0 saturated carbocycles. The molecule has 2 aromatic heterocycles. The molecule has 315 valence electrons. The van der Waals surface area contributed by atoms with Gasteiger partial charge < -0.3 is 39.2 Å². The van der Waals surface area contributed by atoms with Crippen LogP contribution in [0, 0.1) is 22.3 Å². The number of pyridine rings is 2. The molecule has 1 aliphatic rings. The van der Waals surface area contributed by atoms with E-state index in [0.717, 1.165) is 6.16 Å². The summed E-state index contributed by atoms with van der Waals surface area (Å²) in [4.78, 5) is 8.93. The van der Waals surface area contributed by atoms with Crippen LogP contribution in [0.15, 0.2) is 73.1 Å². The fourth-order valence-electron chi connectivity index (χ4n) is 5.33. The monoisotopic (exact) mass is 1050 g/mol. The molecule has 1 radical (unpaired) electrons. The zero-order valence-electron chi connectivity index (χ0n) is 37.0. The van der Waals surface area contributed by atoms with E-state index in [1.165, 1.54) is 43.2 Å². The summed E-state index contributed by atoms with van der Waals surface area (Å²) in [5, 5.41) is 1.59. The van der Waals surface area contributed by atoms with Gasteiger partial charge in [-0.05, 0) is 102 Å². The number of hydrogen-bond donors (Lipinski definition) is 0. The van der Waals surface area contributed by atoms with Crippen molar-refractivity contribution in [2.75, 3.05) is 0 Å². The molecule has 0 amide bonds. The van der Waals surface area contributed by atoms with Crippen molar-refractivity contribution < 1.29 is 118 Å². The van der Waals surface area contributed by atoms with Crippen LogP contribution < -0.4 is 71.5 Å². The minimum absolute atomic E-state index is 0. The summed E-state index contributed by atoms with van der Waals surface area (Å²) >= 11 is 0. The second-order valence-corrected chi connectivity index (χ2v) is 25.3. The Morgan fingerprint density at radius 1 is 0.655 bits per heavy atom. The molecule has 0 N–H and O–H groups in total. The van der Waals surface area contributed by atoms with Gasteiger partial charge in [-0.15, -0.1) is 0 Å². The van der Waals surface area contributed by atoms with Gasteiger partial charge in [0.2, 0.25) is 0 Å². The summed E-state index contributed by atoms with van der Waals surface area (Å²) in [6, 6.07) is 12.5. The maximum absolute atomic E-state index is 10.7. The average Bonchev–Trinajstić information content (AvgIpc) is 2.89. The third-order valence-electron chi connectivity index (χ3n) is 7.18. The summed E-state index contributed by atoms with van der Waals surface area (Å²) in [6.45, 7) is 28.3. The number of alkyl halides is 3. The average molecular weight is 1050 g/mol. The minimum Gasteiger partial charge on any atom is -1.00 e. The summed E-state index contributed by atoms with van der Waals surface area (Å²) in [6.07, 6.45) is 20.1. The predicted octanol–water partition coefficient (Wildman–Crippen LogP) is 4.14. The third-order valence-corrected chi connectivity index (χ3v) is 16.0. The zero-order chi connectivity index (χ0) is 37.5. The van der Waals surface area contributed by atoms with E-state index in [-0.39, 0.29) is 122 Å². The van der Waals surface area contributed by atoms with Gasteiger partial charge in [-0.3, -0.25) is 9.97 Å². The standard InChI is InChI=1S/2C14H24NP.C8H12.CHF3O3S.3CH3.ClH.Ir.2Na/c2*1-13(2,3)16(14(4,5)6)11-12-9-7-8-10-15-12;1-2-4-6-8-7-5-3-1;2-1(3,4)8(5,6)7;;;;;;;/h2*7-10H,11H2,1-6H3;1-2,7-8H,3-6H2;(H,5,6,7);3*1H3;1H;;;/q;;;;3*-1;;;2*+1/p-1/b;;2-1-,8-7?;;;;;;;;. The van der Waals surface area contributed by atoms with Gasteiger partial charge in [-0.1, -0.05) is 85.9 Å². The molecule has 15 heteroatoms. The number of allylic oxidation sites excluding steroid dienone is 4. The molecule has 0 atom stereocenters. The Hall–Kier alpha value is 1.28. The van der Waals surface area contributed by atoms with Crippen molar-refractivity contribution in [2.45, 2.75) is 147 Å². The van der Waals surface area contributed by atoms with Crippen LogP contribution in [-0.4, -0.2) is 49.1 Å². The van der Waals surface area contributed by atoms with E-state index in [4.69, 9.17) is 13.0 Å². The Kier molecular flexibility index (Phi) is 45.5. The van der Waals surface area contributed by atoms with Gasteiger partial charge >= 0.3 is 64.6 Å². The Morgan fingerprint density at radius 3 is 1.16 bits per heavy atom. The van der Waals surface area contributed by atoms with Gasteiger partial charge in [-0.2, -0.15) is 13.2 Å². The van der Waals surface area contributed by atoms with Crippen LogP contribution in [0.3, 0.4) is 0 Å². The Bertz CT molecular complexity index is 1230. The molecule has 0 bridgehead atoms. The van der Waals surface area contributed by atoms with Crippen molar-refractivity contribution in [1.82, 2.24) is 9.97 Å². The summed E-state index contributed by atoms with van der Waals surface area (Å²) in [5.74, 6) is 0. The van der Waals surface area contributed by atoms with E-state index in [9.17, 15) is 13.2 Å². The molecular formula is C40H70ClF3IrN2Na2O3P2S-2. The molecule has 0 saturated heterocycles. The first-order valence-electron chi connectivity index (χ1n) is 16.4. The van der Waals surface area contributed by atoms with E-state index >= 15 is 0 Å². The predicted molar refractivity (Wildman–Crippen MR) is 222 cm³/mol. The van der Waals surface area contributed by atoms with Gasteiger partial charge in [0.15, 0.2) is 10.1 Å². The van der Waals surface area contributed by atoms with Crippen molar-refractivity contribution in [2.24, 2.45) is 0 Å². The van der Waals surface area contributed by atoms with E-state index in [1.54, 1.807) is 0 Å². The number of halogens is 4. The maximum atomic E-state index is 10.7. The number of hydrogen-bond acceptors (Lipinski definition) is 5. The Balaban J connectivity index is -0.0000000893. The van der Waals surface area contributed by atoms with Gasteiger partial charge in [0.05, 0.1) is 22.2 Å². The van der Waals surface area contributed by atoms with Crippen LogP contribution in [0.25, 0.3) is 0 Å². The molecule has 3 rings (SSSR count). The molecule has 5 nitrogen and oxygen atoms in total. The number of nitrogens with zero attached hydrogens (tertiary/aromatic N) is 2. The largest absolute Gasteiger partial charge is 1.00 e. The quantitative estimate of drug-likeness (QED) is 0.115. The van der Waals surface area contributed by atoms with E-state index in [1.807, 2.05) is 24.5 Å². The van der Waals surface area contributed by atoms with E-state index in [0.29, 0.717) is 20.6 Å². The first-order chi connectivity index (χ1) is 21.7. The van der Waals surface area contributed by atoms with Crippen LogP contribution in [0.5, 0.6) is 0 Å². The fourth-order valence-corrected chi connectivity index (χ4v) is 12.7. The van der Waals surface area contributed by atoms with Gasteiger partial charge in [0.1, 0.15) is 0 Å². The SMILES string of the molecule is C1=CCC/C=C\CC1.CC(C)(C)P(Cc1ccccn1)C(C)(C)C.CC(C)(C)[PH+](Cc1ccccn1)C(C)(C)C.O=S(=O)([O-])C(F)(F)F.[CH3-].[CH3-].[CH3-].[Cl-].[Ir].[Na+].[Na+]. The molecule has 55 heavy (non-hydrogen) atoms. The maximum Gasteiger partial charge on any atom is 1.00 e. The van der Waals surface area contributed by atoms with E-state index in [2.05, 4.69) is 142 Å². The van der Waals surface area contributed by atoms with Gasteiger partial charge in [-0.25, -0.2) is 8.42 Å². The minimum atomic E-state index is -6.09. The summed E-state index contributed by atoms with van der Waals surface area (Å²) in [7, 11) is -6.66. The number of rotatable bonds is 4. The molecule has 0 fully saturated rings. The molecule has 2 heterocycles. The van der Waals surface area contributed by atoms with Crippen molar-refractivity contribution in [3.63, 3.8) is 0 Å². The first-order valence-corrected chi connectivity index (χ1v) is 21.1. The Labute approximate surface area is 403 Å². The van der Waals surface area contributed by atoms with Crippen molar-refractivity contribution in [1.29, 1.82) is 0 Å². The zero-order valence-corrected chi connectivity index (χ0v) is 46.9. The van der Waals surface area contributed by atoms with Crippen LogP contribution >= 0.6 is 15.8 Å². The third kappa shape index (κ3) is 35.7. The second-order valence-electron chi connectivity index (χ2n) is 15.7. The van der Waals surface area contributed by atoms with Crippen molar-refractivity contribution in [3.8, 4) is 0 Å². The fraction of sp³-hybridized carbons (Fsp3) is 0.575. The van der Waals surface area contributed by atoms with Gasteiger partial charge in [0, 0.05) is 52.3 Å². The topological polar surface area (TPSA) is 83.0 Å². The smallest absolute Gasteiger partial charge is 1.00 e. The summed E-state index contributed by atoms with van der Waals surface area (Å²) in [5.41, 5.74) is -3.16. The van der Waals surface area contributed by atoms with Crippen molar-refractivity contribution >= 4 is 26.0 Å². The normalized spacial score (nSPS) is 13.2. The molecule has 0 aliphatic heterocycles. The molecular weight excluding hydrogens is 981 g/mol. The van der Waals surface area contributed by atoms with Crippen LogP contribution in [-0.2, 0) is 42.5 Å². The molecule has 2 aromatic rings. The Morgan fingerprint density at radius 2 is 0.945 bits per heavy atom. The van der Waals surface area contributed by atoms with Crippen molar-refractivity contribution in [3.05, 3.63) is 107 Å². The van der Waals surface area contributed by atoms with Crippen LogP contribution in [0.1, 0.15) is 120 Å². The van der Waals surface area contributed by atoms with Gasteiger partial charge in [0.25, 0.3) is 0 Å². The molecule has 0 unspecified atom stereocenters. The van der Waals surface area contributed by atoms with E-state index < -0.39 is 23.5 Å². The van der Waals surface area contributed by atoms with Crippen LogP contribution in [0.2, 0.25) is 0 Å². The molecule has 0 spiro atoms. The molecule has 1 aliphatic carbocycles. The molecule has 0 aromatic carbocycles.